The molecule has 0 atom stereocenters. The molecule has 0 aliphatic carbocycles. The zero-order valence-electron chi connectivity index (χ0n) is 15.3. The normalized spacial score (nSPS) is 17.1. The molecule has 2 N–H and O–H groups in total. The van der Waals surface area contributed by atoms with Crippen LogP contribution in [0.4, 0.5) is 17.8 Å². The zero-order chi connectivity index (χ0) is 19.5. The number of aromatic hydroxyl groups is 1. The van der Waals surface area contributed by atoms with Gasteiger partial charge in [-0.1, -0.05) is 0 Å². The highest BCUT2D eigenvalue weighted by atomic mass is 127. The van der Waals surface area contributed by atoms with Gasteiger partial charge in [0.1, 0.15) is 5.75 Å². The van der Waals surface area contributed by atoms with Gasteiger partial charge in [-0.15, -0.1) is 0 Å². The van der Waals surface area contributed by atoms with E-state index in [0.717, 1.165) is 59.0 Å². The van der Waals surface area contributed by atoms with E-state index in [1.165, 1.54) is 0 Å². The van der Waals surface area contributed by atoms with Crippen LogP contribution in [0.1, 0.15) is 31.2 Å². The first kappa shape index (κ1) is 19.9. The third-order valence-electron chi connectivity index (χ3n) is 4.82. The first-order chi connectivity index (χ1) is 13.6. The lowest BCUT2D eigenvalue weighted by Crippen LogP contribution is -2.25. The number of aromatic nitrogens is 3. The van der Waals surface area contributed by atoms with Crippen LogP contribution < -0.4 is 15.2 Å². The number of rotatable bonds is 5. The lowest BCUT2D eigenvalue weighted by atomic mass is 10.2. The first-order valence-corrected chi connectivity index (χ1v) is 11.5. The van der Waals surface area contributed by atoms with E-state index in [1.54, 1.807) is 6.21 Å². The number of halogens is 2. The Kier molecular flexibility index (Phi) is 6.33. The number of anilines is 3. The molecule has 148 valence electrons. The van der Waals surface area contributed by atoms with Crippen molar-refractivity contribution in [3.05, 3.63) is 24.8 Å². The van der Waals surface area contributed by atoms with Crippen LogP contribution in [0.3, 0.4) is 0 Å². The zero-order valence-corrected chi connectivity index (χ0v) is 19.6. The quantitative estimate of drug-likeness (QED) is 0.307. The van der Waals surface area contributed by atoms with Crippen molar-refractivity contribution in [2.75, 3.05) is 41.4 Å². The monoisotopic (exact) mass is 605 g/mol. The van der Waals surface area contributed by atoms with Crippen molar-refractivity contribution >= 4 is 69.2 Å². The minimum absolute atomic E-state index is 0.220. The minimum Gasteiger partial charge on any atom is -0.506 e. The molecule has 0 radical (unpaired) electrons. The summed E-state index contributed by atoms with van der Waals surface area (Å²) in [7, 11) is 0. The van der Waals surface area contributed by atoms with Gasteiger partial charge in [0.15, 0.2) is 0 Å². The Labute approximate surface area is 191 Å². The number of hydrogen-bond donors (Lipinski definition) is 2. The summed E-state index contributed by atoms with van der Waals surface area (Å²) in [5.74, 6) is 2.06. The highest BCUT2D eigenvalue weighted by Gasteiger charge is 2.21. The first-order valence-electron chi connectivity index (χ1n) is 9.33. The lowest BCUT2D eigenvalue weighted by molar-refractivity contribution is 0.470. The van der Waals surface area contributed by atoms with Gasteiger partial charge in [0.05, 0.1) is 9.78 Å². The predicted molar refractivity (Wildman–Crippen MR) is 127 cm³/mol. The number of hydrazone groups is 1. The van der Waals surface area contributed by atoms with Gasteiger partial charge in [-0.2, -0.15) is 20.1 Å². The van der Waals surface area contributed by atoms with Crippen LogP contribution in [0.25, 0.3) is 0 Å². The van der Waals surface area contributed by atoms with Gasteiger partial charge in [0.2, 0.25) is 17.8 Å². The molecule has 2 saturated heterocycles. The molecular formula is C18H21I2N7O. The summed E-state index contributed by atoms with van der Waals surface area (Å²) >= 11 is 4.33. The van der Waals surface area contributed by atoms with Gasteiger partial charge in [-0.05, 0) is 83.0 Å². The Morgan fingerprint density at radius 2 is 1.50 bits per heavy atom. The van der Waals surface area contributed by atoms with E-state index in [0.29, 0.717) is 23.4 Å². The Bertz CT molecular complexity index is 846. The molecule has 0 saturated carbocycles. The van der Waals surface area contributed by atoms with E-state index in [4.69, 9.17) is 4.98 Å². The van der Waals surface area contributed by atoms with Crippen LogP contribution >= 0.6 is 45.2 Å². The highest BCUT2D eigenvalue weighted by molar-refractivity contribution is 14.1. The molecule has 3 heterocycles. The number of nitrogens with one attached hydrogen (secondary N) is 1. The molecule has 4 rings (SSSR count). The number of benzene rings is 1. The summed E-state index contributed by atoms with van der Waals surface area (Å²) < 4.78 is 1.83. The fourth-order valence-electron chi connectivity index (χ4n) is 3.36. The van der Waals surface area contributed by atoms with Gasteiger partial charge >= 0.3 is 0 Å². The second kappa shape index (κ2) is 8.93. The molecule has 10 heteroatoms. The van der Waals surface area contributed by atoms with Gasteiger partial charge < -0.3 is 14.9 Å². The Morgan fingerprint density at radius 1 is 0.929 bits per heavy atom. The second-order valence-corrected chi connectivity index (χ2v) is 9.25. The summed E-state index contributed by atoms with van der Waals surface area (Å²) in [6.45, 7) is 3.89. The van der Waals surface area contributed by atoms with Crippen LogP contribution in [-0.4, -0.2) is 52.5 Å². The van der Waals surface area contributed by atoms with Crippen LogP contribution in [0.15, 0.2) is 17.2 Å². The maximum absolute atomic E-state index is 10.2. The molecule has 0 spiro atoms. The van der Waals surface area contributed by atoms with Crippen LogP contribution in [0, 0.1) is 7.14 Å². The van der Waals surface area contributed by atoms with Crippen LogP contribution in [0.5, 0.6) is 5.75 Å². The molecule has 1 aromatic carbocycles. The summed E-state index contributed by atoms with van der Waals surface area (Å²) in [5.41, 5.74) is 3.58. The maximum Gasteiger partial charge on any atom is 0.250 e. The average Bonchev–Trinajstić information content (AvgIpc) is 3.39. The van der Waals surface area contributed by atoms with Crippen molar-refractivity contribution in [2.24, 2.45) is 5.10 Å². The summed E-state index contributed by atoms with van der Waals surface area (Å²) in [6, 6.07) is 3.79. The third kappa shape index (κ3) is 4.58. The Hall–Kier alpha value is -1.44. The Morgan fingerprint density at radius 3 is 2.07 bits per heavy atom. The van der Waals surface area contributed by atoms with E-state index in [9.17, 15) is 5.11 Å². The third-order valence-corrected chi connectivity index (χ3v) is 6.26. The van der Waals surface area contributed by atoms with E-state index in [2.05, 4.69) is 75.5 Å². The Balaban J connectivity index is 1.58. The SMILES string of the molecule is Oc1c(I)cc(I)cc1/C=N/Nc1nc(N2CCCC2)nc(N2CCCC2)n1. The largest absolute Gasteiger partial charge is 0.506 e. The van der Waals surface area contributed by atoms with Crippen molar-refractivity contribution in [3.63, 3.8) is 0 Å². The smallest absolute Gasteiger partial charge is 0.250 e. The van der Waals surface area contributed by atoms with Gasteiger partial charge in [-0.25, -0.2) is 5.43 Å². The molecule has 28 heavy (non-hydrogen) atoms. The highest BCUT2D eigenvalue weighted by Crippen LogP contribution is 2.26. The summed E-state index contributed by atoms with van der Waals surface area (Å²) in [4.78, 5) is 18.2. The molecule has 2 aliphatic heterocycles. The molecule has 8 nitrogen and oxygen atoms in total. The number of phenols is 1. The topological polar surface area (TPSA) is 89.8 Å². The number of nitrogens with zero attached hydrogens (tertiary/aromatic N) is 6. The molecule has 2 aromatic rings. The molecular weight excluding hydrogens is 584 g/mol. The van der Waals surface area contributed by atoms with Crippen LogP contribution in [0.2, 0.25) is 0 Å². The maximum atomic E-state index is 10.2. The van der Waals surface area contributed by atoms with Gasteiger partial charge in [0, 0.05) is 35.3 Å². The fourth-order valence-corrected chi connectivity index (χ4v) is 5.25. The molecule has 2 fully saturated rings. The van der Waals surface area contributed by atoms with Gasteiger partial charge in [0.25, 0.3) is 0 Å². The van der Waals surface area contributed by atoms with Crippen molar-refractivity contribution in [1.82, 2.24) is 15.0 Å². The summed E-state index contributed by atoms with van der Waals surface area (Å²) in [6.07, 6.45) is 6.24. The van der Waals surface area contributed by atoms with Crippen molar-refractivity contribution in [2.45, 2.75) is 25.7 Å². The summed E-state index contributed by atoms with van der Waals surface area (Å²) in [5, 5.41) is 14.5. The van der Waals surface area contributed by atoms with Crippen molar-refractivity contribution in [3.8, 4) is 5.75 Å². The van der Waals surface area contributed by atoms with Gasteiger partial charge in [-0.3, -0.25) is 0 Å². The van der Waals surface area contributed by atoms with E-state index >= 15 is 0 Å². The molecule has 0 bridgehead atoms. The number of hydrogen-bond acceptors (Lipinski definition) is 8. The predicted octanol–water partition coefficient (Wildman–Crippen LogP) is 3.43. The standard InChI is InChI=1S/C18H21I2N7O/c19-13-9-12(15(28)14(20)10-13)11-21-25-16-22-17(26-5-1-2-6-26)24-18(23-16)27-7-3-4-8-27/h9-11,28H,1-8H2,(H,22,23,24,25)/b21-11+. The van der Waals surface area contributed by atoms with Crippen LogP contribution in [-0.2, 0) is 0 Å². The molecule has 2 aliphatic rings. The van der Waals surface area contributed by atoms with Crippen molar-refractivity contribution in [1.29, 1.82) is 0 Å². The molecule has 0 amide bonds. The minimum atomic E-state index is 0.220. The lowest BCUT2D eigenvalue weighted by Gasteiger charge is -2.20. The van der Waals surface area contributed by atoms with E-state index < -0.39 is 0 Å². The average molecular weight is 605 g/mol. The molecule has 1 aromatic heterocycles. The fraction of sp³-hybridized carbons (Fsp3) is 0.444. The van der Waals surface area contributed by atoms with E-state index in [1.807, 2.05) is 12.1 Å². The molecule has 0 unspecified atom stereocenters. The number of phenolic OH excluding ortho intramolecular Hbond substituents is 1. The second-order valence-electron chi connectivity index (χ2n) is 6.84. The van der Waals surface area contributed by atoms with E-state index in [-0.39, 0.29) is 5.75 Å². The van der Waals surface area contributed by atoms with Crippen molar-refractivity contribution < 1.29 is 5.11 Å².